The van der Waals surface area contributed by atoms with Crippen molar-refractivity contribution in [2.75, 3.05) is 19.0 Å². The van der Waals surface area contributed by atoms with Crippen LogP contribution in [0.15, 0.2) is 48.5 Å². The highest BCUT2D eigenvalue weighted by Crippen LogP contribution is 2.26. The minimum atomic E-state index is -0.429. The second-order valence-corrected chi connectivity index (χ2v) is 5.81. The number of H-pyrrole nitrogens is 1. The molecular weight excluding hydrogens is 346 g/mol. The lowest BCUT2D eigenvalue weighted by atomic mass is 10.1. The van der Waals surface area contributed by atoms with Gasteiger partial charge in [-0.15, -0.1) is 5.10 Å². The first-order valence-electron chi connectivity index (χ1n) is 8.27. The monoisotopic (exact) mass is 365 g/mol. The number of nitrogens with zero attached hydrogens (tertiary/aromatic N) is 2. The lowest BCUT2D eigenvalue weighted by Crippen LogP contribution is -2.33. The molecule has 0 fully saturated rings. The number of methoxy groups -OCH3 is 1. The number of amides is 2. The number of aromatic nitrogens is 3. The molecule has 0 bridgehead atoms. The summed E-state index contributed by atoms with van der Waals surface area (Å²) in [5.41, 5.74) is 2.19. The van der Waals surface area contributed by atoms with E-state index in [-0.39, 0.29) is 18.4 Å². The molecule has 0 unspecified atom stereocenters. The molecule has 138 valence electrons. The van der Waals surface area contributed by atoms with Gasteiger partial charge in [0, 0.05) is 5.56 Å². The van der Waals surface area contributed by atoms with Gasteiger partial charge in [0.15, 0.2) is 5.82 Å². The van der Waals surface area contributed by atoms with Gasteiger partial charge in [-0.05, 0) is 31.2 Å². The highest BCUT2D eigenvalue weighted by atomic mass is 16.5. The third-order valence-corrected chi connectivity index (χ3v) is 3.79. The van der Waals surface area contributed by atoms with E-state index in [0.717, 1.165) is 11.1 Å². The normalized spacial score (nSPS) is 10.3. The van der Waals surface area contributed by atoms with Gasteiger partial charge in [-0.3, -0.25) is 20.0 Å². The number of aromatic amines is 1. The summed E-state index contributed by atoms with van der Waals surface area (Å²) in [5.74, 6) is 0.467. The smallest absolute Gasteiger partial charge is 0.251 e. The molecule has 0 aliphatic rings. The average molecular weight is 365 g/mol. The van der Waals surface area contributed by atoms with Gasteiger partial charge in [-0.2, -0.15) is 4.98 Å². The van der Waals surface area contributed by atoms with Crippen LogP contribution in [0.3, 0.4) is 0 Å². The molecule has 3 aromatic rings. The topological polar surface area (TPSA) is 109 Å². The van der Waals surface area contributed by atoms with Crippen LogP contribution >= 0.6 is 0 Å². The quantitative estimate of drug-likeness (QED) is 0.620. The number of nitrogens with one attached hydrogen (secondary N) is 3. The van der Waals surface area contributed by atoms with Crippen molar-refractivity contribution in [2.24, 2.45) is 0 Å². The van der Waals surface area contributed by atoms with Crippen LogP contribution in [0.4, 0.5) is 5.95 Å². The van der Waals surface area contributed by atoms with E-state index < -0.39 is 5.91 Å². The largest absolute Gasteiger partial charge is 0.496 e. The van der Waals surface area contributed by atoms with Crippen LogP contribution in [-0.4, -0.2) is 40.7 Å². The van der Waals surface area contributed by atoms with Crippen LogP contribution in [0.5, 0.6) is 5.75 Å². The van der Waals surface area contributed by atoms with E-state index in [1.807, 2.05) is 31.2 Å². The van der Waals surface area contributed by atoms with Gasteiger partial charge >= 0.3 is 0 Å². The lowest BCUT2D eigenvalue weighted by Gasteiger charge is -2.05. The number of anilines is 1. The van der Waals surface area contributed by atoms with E-state index >= 15 is 0 Å². The van der Waals surface area contributed by atoms with Crippen molar-refractivity contribution in [1.82, 2.24) is 20.5 Å². The fraction of sp³-hybridized carbons (Fsp3) is 0.158. The van der Waals surface area contributed by atoms with Crippen LogP contribution in [0.1, 0.15) is 15.9 Å². The number of para-hydroxylation sites is 1. The standard InChI is InChI=1S/C19H19N5O3/c1-12-6-5-7-13(10-12)18(26)20-11-16(25)21-19-22-17(23-24-19)14-8-3-4-9-15(14)27-2/h3-10H,11H2,1-2H3,(H,20,26)(H2,21,22,23,24,25). The molecule has 0 radical (unpaired) electrons. The molecular formula is C19H19N5O3. The highest BCUT2D eigenvalue weighted by Gasteiger charge is 2.13. The molecule has 0 aliphatic heterocycles. The summed E-state index contributed by atoms with van der Waals surface area (Å²) >= 11 is 0. The van der Waals surface area contributed by atoms with Gasteiger partial charge in [0.05, 0.1) is 19.2 Å². The summed E-state index contributed by atoms with van der Waals surface area (Å²) in [5, 5.41) is 11.8. The number of carbonyl (C=O) groups is 2. The first-order valence-corrected chi connectivity index (χ1v) is 8.27. The highest BCUT2D eigenvalue weighted by molar-refractivity contribution is 5.98. The summed E-state index contributed by atoms with van der Waals surface area (Å²) in [4.78, 5) is 28.3. The van der Waals surface area contributed by atoms with E-state index in [4.69, 9.17) is 4.74 Å². The Balaban J connectivity index is 1.59. The van der Waals surface area contributed by atoms with Gasteiger partial charge in [0.2, 0.25) is 11.9 Å². The maximum absolute atomic E-state index is 12.1. The predicted octanol–water partition coefficient (Wildman–Crippen LogP) is 2.16. The number of hydrogen-bond acceptors (Lipinski definition) is 5. The Hall–Kier alpha value is -3.68. The molecule has 0 saturated heterocycles. The fourth-order valence-electron chi connectivity index (χ4n) is 2.50. The average Bonchev–Trinajstić information content (AvgIpc) is 3.14. The van der Waals surface area contributed by atoms with Crippen LogP contribution in [0, 0.1) is 6.92 Å². The summed E-state index contributed by atoms with van der Waals surface area (Å²) in [6.45, 7) is 1.71. The van der Waals surface area contributed by atoms with Crippen molar-refractivity contribution in [3.63, 3.8) is 0 Å². The van der Waals surface area contributed by atoms with Gasteiger partial charge in [0.1, 0.15) is 5.75 Å². The van der Waals surface area contributed by atoms with Crippen molar-refractivity contribution >= 4 is 17.8 Å². The molecule has 0 aliphatic carbocycles. The lowest BCUT2D eigenvalue weighted by molar-refractivity contribution is -0.115. The maximum Gasteiger partial charge on any atom is 0.251 e. The molecule has 3 rings (SSSR count). The Kier molecular flexibility index (Phi) is 5.46. The Labute approximate surface area is 156 Å². The van der Waals surface area contributed by atoms with Crippen molar-refractivity contribution in [1.29, 1.82) is 0 Å². The zero-order chi connectivity index (χ0) is 19.2. The van der Waals surface area contributed by atoms with Gasteiger partial charge in [-0.25, -0.2) is 0 Å². The Morgan fingerprint density at radius 3 is 2.74 bits per heavy atom. The van der Waals surface area contributed by atoms with Crippen molar-refractivity contribution in [3.8, 4) is 17.1 Å². The molecule has 8 heteroatoms. The number of aryl methyl sites for hydroxylation is 1. The number of ether oxygens (including phenoxy) is 1. The van der Waals surface area contributed by atoms with Crippen LogP contribution < -0.4 is 15.4 Å². The molecule has 27 heavy (non-hydrogen) atoms. The fourth-order valence-corrected chi connectivity index (χ4v) is 2.50. The molecule has 2 amide bonds. The van der Waals surface area contributed by atoms with Crippen molar-refractivity contribution in [2.45, 2.75) is 6.92 Å². The Morgan fingerprint density at radius 1 is 1.15 bits per heavy atom. The summed E-state index contributed by atoms with van der Waals surface area (Å²) < 4.78 is 5.28. The minimum absolute atomic E-state index is 0.116. The second-order valence-electron chi connectivity index (χ2n) is 5.81. The molecule has 2 aromatic carbocycles. The van der Waals surface area contributed by atoms with Crippen molar-refractivity contribution < 1.29 is 14.3 Å². The van der Waals surface area contributed by atoms with Gasteiger partial charge in [-0.1, -0.05) is 29.8 Å². The minimum Gasteiger partial charge on any atom is -0.496 e. The molecule has 0 saturated carbocycles. The van der Waals surface area contributed by atoms with E-state index in [1.54, 1.807) is 31.4 Å². The molecule has 3 N–H and O–H groups in total. The predicted molar refractivity (Wildman–Crippen MR) is 101 cm³/mol. The zero-order valence-corrected chi connectivity index (χ0v) is 14.9. The van der Waals surface area contributed by atoms with Crippen molar-refractivity contribution in [3.05, 3.63) is 59.7 Å². The Morgan fingerprint density at radius 2 is 1.96 bits per heavy atom. The van der Waals surface area contributed by atoms with Crippen LogP contribution in [0.25, 0.3) is 11.4 Å². The van der Waals surface area contributed by atoms with Crippen LogP contribution in [0.2, 0.25) is 0 Å². The first kappa shape index (κ1) is 18.1. The summed E-state index contributed by atoms with van der Waals surface area (Å²) in [6.07, 6.45) is 0. The summed E-state index contributed by atoms with van der Waals surface area (Å²) in [6, 6.07) is 14.4. The van der Waals surface area contributed by atoms with E-state index in [2.05, 4.69) is 25.8 Å². The SMILES string of the molecule is COc1ccccc1-c1nc(NC(=O)CNC(=O)c2cccc(C)c2)n[nH]1. The molecule has 8 nitrogen and oxygen atoms in total. The molecule has 1 aromatic heterocycles. The van der Waals surface area contributed by atoms with E-state index in [9.17, 15) is 9.59 Å². The third-order valence-electron chi connectivity index (χ3n) is 3.79. The third kappa shape index (κ3) is 4.49. The van der Waals surface area contributed by atoms with E-state index in [0.29, 0.717) is 17.1 Å². The summed E-state index contributed by atoms with van der Waals surface area (Å²) in [7, 11) is 1.56. The molecule has 1 heterocycles. The van der Waals surface area contributed by atoms with Crippen LogP contribution in [-0.2, 0) is 4.79 Å². The van der Waals surface area contributed by atoms with E-state index in [1.165, 1.54) is 0 Å². The number of carbonyl (C=O) groups excluding carboxylic acids is 2. The van der Waals surface area contributed by atoms with Gasteiger partial charge in [0.25, 0.3) is 5.91 Å². The molecule has 0 spiro atoms. The number of hydrogen-bond donors (Lipinski definition) is 3. The zero-order valence-electron chi connectivity index (χ0n) is 14.9. The maximum atomic E-state index is 12.1. The first-order chi connectivity index (χ1) is 13.1. The molecule has 0 atom stereocenters. The van der Waals surface area contributed by atoms with Gasteiger partial charge < -0.3 is 10.1 Å². The number of rotatable bonds is 6. The number of benzene rings is 2. The second kappa shape index (κ2) is 8.13. The Bertz CT molecular complexity index is 967.